The van der Waals surface area contributed by atoms with Crippen molar-refractivity contribution < 1.29 is 19.3 Å². The third-order valence-electron chi connectivity index (χ3n) is 5.15. The summed E-state index contributed by atoms with van der Waals surface area (Å²) in [6.45, 7) is 9.26. The zero-order valence-corrected chi connectivity index (χ0v) is 20.0. The van der Waals surface area contributed by atoms with Gasteiger partial charge in [-0.2, -0.15) is 5.10 Å². The van der Waals surface area contributed by atoms with Crippen LogP contribution in [0.25, 0.3) is 0 Å². The lowest BCUT2D eigenvalue weighted by Gasteiger charge is -2.21. The largest absolute Gasteiger partial charge is 0.492 e. The summed E-state index contributed by atoms with van der Waals surface area (Å²) in [6.07, 6.45) is -0.610. The van der Waals surface area contributed by atoms with Gasteiger partial charge in [-0.15, -0.1) is 0 Å². The normalized spacial score (nSPS) is 12.1. The summed E-state index contributed by atoms with van der Waals surface area (Å²) in [7, 11) is 1.98. The molecule has 0 aliphatic carbocycles. The standard InChI is InChI=1S/C26H35N3O4/c1-5-31-25-8-6-7-9-26(25)33-19-23(30)18-28(4)17-22-10-12-24(13-11-22)32-15-14-29-21(3)16-20(2)27-29/h6-13,16,23,30H,5,14-15,17-19H2,1-4H3. The molecule has 2 aromatic carbocycles. The lowest BCUT2D eigenvalue weighted by molar-refractivity contribution is 0.0730. The first-order valence-corrected chi connectivity index (χ1v) is 11.4. The lowest BCUT2D eigenvalue weighted by atomic mass is 10.2. The van der Waals surface area contributed by atoms with Crippen LogP contribution in [0.4, 0.5) is 0 Å². The molecule has 0 aliphatic rings. The average Bonchev–Trinajstić information content (AvgIpc) is 3.11. The van der Waals surface area contributed by atoms with Gasteiger partial charge >= 0.3 is 0 Å². The summed E-state index contributed by atoms with van der Waals surface area (Å²) in [5, 5.41) is 14.9. The van der Waals surface area contributed by atoms with Crippen molar-refractivity contribution in [2.45, 2.75) is 40.0 Å². The molecule has 3 aromatic rings. The quantitative estimate of drug-likeness (QED) is 0.424. The number of benzene rings is 2. The number of hydrogen-bond acceptors (Lipinski definition) is 6. The lowest BCUT2D eigenvalue weighted by Crippen LogP contribution is -2.32. The fraction of sp³-hybridized carbons (Fsp3) is 0.423. The van der Waals surface area contributed by atoms with Gasteiger partial charge in [-0.25, -0.2) is 0 Å². The average molecular weight is 454 g/mol. The molecule has 0 radical (unpaired) electrons. The van der Waals surface area contributed by atoms with Gasteiger partial charge < -0.3 is 19.3 Å². The molecule has 0 bridgehead atoms. The summed E-state index contributed by atoms with van der Waals surface area (Å²) >= 11 is 0. The SMILES string of the molecule is CCOc1ccccc1OCC(O)CN(C)Cc1ccc(OCCn2nc(C)cc2C)cc1. The van der Waals surface area contributed by atoms with E-state index >= 15 is 0 Å². The minimum absolute atomic E-state index is 0.205. The van der Waals surface area contributed by atoms with E-state index in [2.05, 4.69) is 28.2 Å². The second-order valence-corrected chi connectivity index (χ2v) is 8.18. The Morgan fingerprint density at radius 1 is 1.00 bits per heavy atom. The fourth-order valence-corrected chi connectivity index (χ4v) is 3.66. The number of rotatable bonds is 13. The van der Waals surface area contributed by atoms with Gasteiger partial charge in [0.15, 0.2) is 11.5 Å². The molecular formula is C26H35N3O4. The van der Waals surface area contributed by atoms with Gasteiger partial charge in [0.25, 0.3) is 0 Å². The number of likely N-dealkylation sites (N-methyl/N-ethyl adjacent to an activating group) is 1. The summed E-state index contributed by atoms with van der Waals surface area (Å²) in [6, 6.07) is 17.6. The molecule has 178 valence electrons. The first-order chi connectivity index (χ1) is 15.9. The zero-order valence-electron chi connectivity index (χ0n) is 20.0. The Balaban J connectivity index is 1.40. The Hall–Kier alpha value is -3.03. The van der Waals surface area contributed by atoms with E-state index in [0.29, 0.717) is 31.3 Å². The molecule has 0 saturated heterocycles. The van der Waals surface area contributed by atoms with E-state index in [9.17, 15) is 5.11 Å². The van der Waals surface area contributed by atoms with E-state index in [1.54, 1.807) is 0 Å². The van der Waals surface area contributed by atoms with Crippen molar-refractivity contribution in [2.24, 2.45) is 0 Å². The van der Waals surface area contributed by atoms with Crippen molar-refractivity contribution in [3.05, 3.63) is 71.5 Å². The van der Waals surface area contributed by atoms with Crippen LogP contribution in [0.3, 0.4) is 0 Å². The molecule has 0 amide bonds. The van der Waals surface area contributed by atoms with Gasteiger partial charge in [-0.05, 0) is 63.7 Å². The Morgan fingerprint density at radius 3 is 2.33 bits per heavy atom. The maximum absolute atomic E-state index is 10.4. The third-order valence-corrected chi connectivity index (χ3v) is 5.15. The van der Waals surface area contributed by atoms with Crippen LogP contribution in [-0.2, 0) is 13.1 Å². The maximum Gasteiger partial charge on any atom is 0.161 e. The van der Waals surface area contributed by atoms with E-state index < -0.39 is 6.10 Å². The van der Waals surface area contributed by atoms with Crippen LogP contribution in [0.1, 0.15) is 23.9 Å². The van der Waals surface area contributed by atoms with E-state index in [-0.39, 0.29) is 6.61 Å². The second-order valence-electron chi connectivity index (χ2n) is 8.18. The van der Waals surface area contributed by atoms with E-state index in [4.69, 9.17) is 14.2 Å². The summed E-state index contributed by atoms with van der Waals surface area (Å²) < 4.78 is 19.2. The molecule has 1 aromatic heterocycles. The number of aromatic nitrogens is 2. The molecule has 7 heteroatoms. The predicted octanol–water partition coefficient (Wildman–Crippen LogP) is 3.85. The second kappa shape index (κ2) is 12.3. The minimum Gasteiger partial charge on any atom is -0.492 e. The summed E-state index contributed by atoms with van der Waals surface area (Å²) in [5.74, 6) is 2.18. The van der Waals surface area contributed by atoms with Crippen molar-refractivity contribution >= 4 is 0 Å². The monoisotopic (exact) mass is 453 g/mol. The van der Waals surface area contributed by atoms with Crippen molar-refractivity contribution in [1.82, 2.24) is 14.7 Å². The number of hydrogen-bond donors (Lipinski definition) is 1. The highest BCUT2D eigenvalue weighted by atomic mass is 16.5. The molecule has 7 nitrogen and oxygen atoms in total. The zero-order chi connectivity index (χ0) is 23.6. The van der Waals surface area contributed by atoms with E-state index in [0.717, 1.165) is 35.8 Å². The van der Waals surface area contributed by atoms with Crippen LogP contribution in [0.5, 0.6) is 17.2 Å². The smallest absolute Gasteiger partial charge is 0.161 e. The van der Waals surface area contributed by atoms with Crippen LogP contribution in [-0.4, -0.2) is 59.3 Å². The van der Waals surface area contributed by atoms with Crippen molar-refractivity contribution in [1.29, 1.82) is 0 Å². The minimum atomic E-state index is -0.610. The van der Waals surface area contributed by atoms with Crippen LogP contribution in [0.2, 0.25) is 0 Å². The van der Waals surface area contributed by atoms with Gasteiger partial charge in [0, 0.05) is 18.8 Å². The van der Waals surface area contributed by atoms with Crippen LogP contribution in [0, 0.1) is 13.8 Å². The maximum atomic E-state index is 10.4. The van der Waals surface area contributed by atoms with Gasteiger partial charge in [0.2, 0.25) is 0 Å². The molecule has 1 N–H and O–H groups in total. The first kappa shape index (κ1) is 24.6. The number of aliphatic hydroxyl groups is 1. The molecule has 1 atom stereocenters. The Morgan fingerprint density at radius 2 is 1.70 bits per heavy atom. The molecular weight excluding hydrogens is 418 g/mol. The highest BCUT2D eigenvalue weighted by Gasteiger charge is 2.12. The predicted molar refractivity (Wildman–Crippen MR) is 129 cm³/mol. The van der Waals surface area contributed by atoms with Gasteiger partial charge in [0.1, 0.15) is 25.1 Å². The van der Waals surface area contributed by atoms with Gasteiger partial charge in [0.05, 0.1) is 18.8 Å². The Kier molecular flexibility index (Phi) is 9.15. The van der Waals surface area contributed by atoms with E-state index in [1.165, 1.54) is 0 Å². The fourth-order valence-electron chi connectivity index (χ4n) is 3.66. The van der Waals surface area contributed by atoms with Gasteiger partial charge in [-0.1, -0.05) is 24.3 Å². The molecule has 1 heterocycles. The van der Waals surface area contributed by atoms with Crippen LogP contribution >= 0.6 is 0 Å². The number of para-hydroxylation sites is 2. The number of ether oxygens (including phenoxy) is 3. The van der Waals surface area contributed by atoms with Gasteiger partial charge in [-0.3, -0.25) is 9.58 Å². The Labute approximate surface area is 196 Å². The molecule has 0 fully saturated rings. The van der Waals surface area contributed by atoms with Crippen molar-refractivity contribution in [2.75, 3.05) is 33.4 Å². The molecule has 3 rings (SSSR count). The van der Waals surface area contributed by atoms with E-state index in [1.807, 2.05) is 68.9 Å². The van der Waals surface area contributed by atoms with Crippen LogP contribution < -0.4 is 14.2 Å². The number of aliphatic hydroxyl groups excluding tert-OH is 1. The highest BCUT2D eigenvalue weighted by Crippen LogP contribution is 2.26. The summed E-state index contributed by atoms with van der Waals surface area (Å²) in [4.78, 5) is 2.07. The molecule has 1 unspecified atom stereocenters. The Bertz CT molecular complexity index is 987. The highest BCUT2D eigenvalue weighted by molar-refractivity contribution is 5.39. The number of nitrogens with zero attached hydrogens (tertiary/aromatic N) is 3. The molecule has 0 aliphatic heterocycles. The molecule has 33 heavy (non-hydrogen) atoms. The topological polar surface area (TPSA) is 69.0 Å². The van der Waals surface area contributed by atoms with Crippen LogP contribution in [0.15, 0.2) is 54.6 Å². The molecule has 0 spiro atoms. The number of aryl methyl sites for hydroxylation is 2. The van der Waals surface area contributed by atoms with Crippen molar-refractivity contribution in [3.8, 4) is 17.2 Å². The summed E-state index contributed by atoms with van der Waals surface area (Å²) in [5.41, 5.74) is 3.31. The molecule has 0 saturated carbocycles. The first-order valence-electron chi connectivity index (χ1n) is 11.4. The third kappa shape index (κ3) is 7.80. The van der Waals surface area contributed by atoms with Crippen molar-refractivity contribution in [3.63, 3.8) is 0 Å².